The van der Waals surface area contributed by atoms with E-state index in [1.807, 2.05) is 29.6 Å². The Hall–Kier alpha value is -1.44. The van der Waals surface area contributed by atoms with Crippen molar-refractivity contribution in [1.29, 1.82) is 0 Å². The van der Waals surface area contributed by atoms with Crippen molar-refractivity contribution >= 4 is 39.0 Å². The van der Waals surface area contributed by atoms with E-state index in [2.05, 4.69) is 31.5 Å². The van der Waals surface area contributed by atoms with E-state index in [1.165, 1.54) is 11.3 Å². The van der Waals surface area contributed by atoms with Gasteiger partial charge in [0.05, 0.1) is 5.69 Å². The molecule has 0 atom stereocenters. The molecule has 1 aliphatic rings. The van der Waals surface area contributed by atoms with Crippen molar-refractivity contribution in [3.8, 4) is 10.6 Å². The second-order valence-corrected chi connectivity index (χ2v) is 6.67. The highest BCUT2D eigenvalue weighted by atomic mass is 79.9. The average Bonchev–Trinajstić information content (AvgIpc) is 2.95. The lowest BCUT2D eigenvalue weighted by Gasteiger charge is -2.23. The molecular formula is C15H16BrN3O2S. The van der Waals surface area contributed by atoms with Crippen molar-refractivity contribution in [3.05, 3.63) is 34.2 Å². The molecule has 0 saturated carbocycles. The third-order valence-electron chi connectivity index (χ3n) is 3.43. The Morgan fingerprint density at radius 3 is 2.86 bits per heavy atom. The molecule has 0 spiro atoms. The van der Waals surface area contributed by atoms with E-state index in [9.17, 15) is 4.79 Å². The van der Waals surface area contributed by atoms with Crippen LogP contribution in [0, 0.1) is 0 Å². The summed E-state index contributed by atoms with van der Waals surface area (Å²) in [5, 5.41) is 8.85. The Morgan fingerprint density at radius 2 is 2.14 bits per heavy atom. The molecule has 22 heavy (non-hydrogen) atoms. The molecule has 1 aliphatic heterocycles. The predicted octanol–water partition coefficient (Wildman–Crippen LogP) is 3.87. The summed E-state index contributed by atoms with van der Waals surface area (Å²) in [6, 6.07) is 7.60. The zero-order chi connectivity index (χ0) is 15.4. The third-order valence-corrected chi connectivity index (χ3v) is 5.02. The molecule has 116 valence electrons. The van der Waals surface area contributed by atoms with Gasteiger partial charge in [-0.3, -0.25) is 5.32 Å². The predicted molar refractivity (Wildman–Crippen MR) is 91.2 cm³/mol. The van der Waals surface area contributed by atoms with Gasteiger partial charge in [-0.05, 0) is 54.0 Å². The second kappa shape index (κ2) is 7.21. The number of para-hydroxylation sites is 1. The number of ether oxygens (including phenoxy) is 1. The van der Waals surface area contributed by atoms with Crippen LogP contribution in [0.2, 0.25) is 0 Å². The van der Waals surface area contributed by atoms with Crippen LogP contribution in [0.1, 0.15) is 12.8 Å². The number of nitrogens with one attached hydrogen (secondary N) is 2. The lowest BCUT2D eigenvalue weighted by atomic mass is 10.1. The van der Waals surface area contributed by atoms with Crippen LogP contribution in [-0.2, 0) is 4.74 Å². The number of aromatic nitrogens is 1. The fraction of sp³-hybridized carbons (Fsp3) is 0.333. The van der Waals surface area contributed by atoms with Gasteiger partial charge in [-0.2, -0.15) is 0 Å². The highest BCUT2D eigenvalue weighted by Crippen LogP contribution is 2.31. The molecular weight excluding hydrogens is 366 g/mol. The largest absolute Gasteiger partial charge is 0.446 e. The summed E-state index contributed by atoms with van der Waals surface area (Å²) < 4.78 is 6.27. The zero-order valence-corrected chi connectivity index (χ0v) is 14.2. The molecule has 1 fully saturated rings. The minimum Gasteiger partial charge on any atom is -0.446 e. The molecule has 7 heteroatoms. The van der Waals surface area contributed by atoms with E-state index in [0.29, 0.717) is 5.69 Å². The molecule has 1 aromatic carbocycles. The number of hydrogen-bond donors (Lipinski definition) is 2. The van der Waals surface area contributed by atoms with Gasteiger partial charge in [0.2, 0.25) is 0 Å². The molecule has 2 heterocycles. The Balaban J connectivity index is 1.70. The Bertz CT molecular complexity index is 656. The van der Waals surface area contributed by atoms with Gasteiger partial charge in [0.1, 0.15) is 15.7 Å². The van der Waals surface area contributed by atoms with Crippen LogP contribution in [0.3, 0.4) is 0 Å². The molecule has 0 unspecified atom stereocenters. The van der Waals surface area contributed by atoms with Crippen LogP contribution in [0.5, 0.6) is 0 Å². The molecule has 3 rings (SSSR count). The molecule has 2 N–H and O–H groups in total. The summed E-state index contributed by atoms with van der Waals surface area (Å²) in [6.45, 7) is 1.78. The smallest absolute Gasteiger partial charge is 0.411 e. The van der Waals surface area contributed by atoms with Crippen LogP contribution < -0.4 is 10.6 Å². The summed E-state index contributed by atoms with van der Waals surface area (Å²) in [7, 11) is 0. The topological polar surface area (TPSA) is 63.2 Å². The van der Waals surface area contributed by atoms with E-state index >= 15 is 0 Å². The maximum Gasteiger partial charge on any atom is 0.411 e. The fourth-order valence-electron chi connectivity index (χ4n) is 2.36. The lowest BCUT2D eigenvalue weighted by molar-refractivity contribution is 0.0909. The average molecular weight is 382 g/mol. The highest BCUT2D eigenvalue weighted by Gasteiger charge is 2.18. The van der Waals surface area contributed by atoms with Gasteiger partial charge in [0, 0.05) is 10.9 Å². The van der Waals surface area contributed by atoms with Gasteiger partial charge in [-0.1, -0.05) is 12.1 Å². The first kappa shape index (κ1) is 15.5. The number of carbonyl (C=O) groups excluding carboxylic acids is 1. The van der Waals surface area contributed by atoms with Gasteiger partial charge in [0.25, 0.3) is 0 Å². The van der Waals surface area contributed by atoms with Crippen molar-refractivity contribution in [2.45, 2.75) is 18.9 Å². The monoisotopic (exact) mass is 381 g/mol. The normalized spacial score (nSPS) is 15.5. The molecule has 0 aliphatic carbocycles. The molecule has 1 saturated heterocycles. The highest BCUT2D eigenvalue weighted by molar-refractivity contribution is 9.10. The number of hydrogen-bond acceptors (Lipinski definition) is 5. The molecule has 0 bridgehead atoms. The van der Waals surface area contributed by atoms with E-state index in [0.717, 1.165) is 41.1 Å². The summed E-state index contributed by atoms with van der Waals surface area (Å²) in [5.74, 6) is 0. The van der Waals surface area contributed by atoms with Crippen molar-refractivity contribution in [3.63, 3.8) is 0 Å². The Labute approximate surface area is 141 Å². The van der Waals surface area contributed by atoms with E-state index in [-0.39, 0.29) is 6.10 Å². The van der Waals surface area contributed by atoms with Gasteiger partial charge >= 0.3 is 6.09 Å². The number of thiazole rings is 1. The first-order chi connectivity index (χ1) is 10.7. The maximum absolute atomic E-state index is 12.1. The van der Waals surface area contributed by atoms with Crippen molar-refractivity contribution in [1.82, 2.24) is 10.3 Å². The number of nitrogens with zero attached hydrogens (tertiary/aromatic N) is 1. The number of anilines is 1. The first-order valence-electron chi connectivity index (χ1n) is 7.11. The van der Waals surface area contributed by atoms with Gasteiger partial charge in [-0.25, -0.2) is 9.78 Å². The number of rotatable bonds is 3. The fourth-order valence-corrected chi connectivity index (χ4v) is 3.65. The second-order valence-electron chi connectivity index (χ2n) is 5.00. The molecule has 5 nitrogen and oxygen atoms in total. The SMILES string of the molecule is O=C(Nc1ccccc1-c1nc(Br)cs1)OC1CCNCC1. The van der Waals surface area contributed by atoms with Crippen molar-refractivity contribution < 1.29 is 9.53 Å². The number of piperidine rings is 1. The minimum absolute atomic E-state index is 0.0116. The van der Waals surface area contributed by atoms with Gasteiger partial charge in [0.15, 0.2) is 0 Å². The zero-order valence-electron chi connectivity index (χ0n) is 11.8. The number of benzene rings is 1. The summed E-state index contributed by atoms with van der Waals surface area (Å²) in [5.41, 5.74) is 1.60. The van der Waals surface area contributed by atoms with Crippen LogP contribution >= 0.6 is 27.3 Å². The Kier molecular flexibility index (Phi) is 5.07. The maximum atomic E-state index is 12.1. The van der Waals surface area contributed by atoms with Crippen molar-refractivity contribution in [2.24, 2.45) is 0 Å². The Morgan fingerprint density at radius 1 is 1.36 bits per heavy atom. The number of amides is 1. The molecule has 0 radical (unpaired) electrons. The number of carbonyl (C=O) groups is 1. The lowest BCUT2D eigenvalue weighted by Crippen LogP contribution is -2.34. The number of halogens is 1. The van der Waals surface area contributed by atoms with E-state index in [4.69, 9.17) is 4.74 Å². The summed E-state index contributed by atoms with van der Waals surface area (Å²) in [4.78, 5) is 16.5. The van der Waals surface area contributed by atoms with E-state index in [1.54, 1.807) is 0 Å². The van der Waals surface area contributed by atoms with Crippen LogP contribution in [0.25, 0.3) is 10.6 Å². The van der Waals surface area contributed by atoms with Gasteiger partial charge in [-0.15, -0.1) is 11.3 Å². The standard InChI is InChI=1S/C15H16BrN3O2S/c16-13-9-22-14(19-13)11-3-1-2-4-12(11)18-15(20)21-10-5-7-17-8-6-10/h1-4,9-10,17H,5-8H2,(H,18,20). The molecule has 2 aromatic rings. The van der Waals surface area contributed by atoms with Crippen LogP contribution in [0.4, 0.5) is 10.5 Å². The van der Waals surface area contributed by atoms with E-state index < -0.39 is 6.09 Å². The quantitative estimate of drug-likeness (QED) is 0.846. The van der Waals surface area contributed by atoms with Crippen molar-refractivity contribution in [2.75, 3.05) is 18.4 Å². The third kappa shape index (κ3) is 3.85. The summed E-state index contributed by atoms with van der Waals surface area (Å²) in [6.07, 6.45) is 1.29. The van der Waals surface area contributed by atoms with Gasteiger partial charge < -0.3 is 10.1 Å². The first-order valence-corrected chi connectivity index (χ1v) is 8.78. The van der Waals surface area contributed by atoms with Crippen LogP contribution in [-0.4, -0.2) is 30.3 Å². The molecule has 1 aromatic heterocycles. The summed E-state index contributed by atoms with van der Waals surface area (Å²) >= 11 is 4.87. The van der Waals surface area contributed by atoms with Crippen LogP contribution in [0.15, 0.2) is 34.2 Å². The molecule has 1 amide bonds. The minimum atomic E-state index is -0.407.